The van der Waals surface area contributed by atoms with Gasteiger partial charge in [-0.15, -0.1) is 0 Å². The number of ether oxygens (including phenoxy) is 1. The van der Waals surface area contributed by atoms with E-state index in [0.717, 1.165) is 17.0 Å². The van der Waals surface area contributed by atoms with Crippen LogP contribution in [0.4, 0.5) is 0 Å². The fraction of sp³-hybridized carbons (Fsp3) is 0.364. The Bertz CT molecular complexity index is 967. The first-order valence-electron chi connectivity index (χ1n) is 10.00. The molecule has 0 spiro atoms. The predicted molar refractivity (Wildman–Crippen MR) is 114 cm³/mol. The fourth-order valence-electron chi connectivity index (χ4n) is 3.62. The van der Waals surface area contributed by atoms with Crippen LogP contribution in [0.5, 0.6) is 0 Å². The first kappa shape index (κ1) is 20.6. The number of benzene rings is 1. The van der Waals surface area contributed by atoms with E-state index in [4.69, 9.17) is 4.74 Å². The molecule has 2 amide bonds. The zero-order valence-corrected chi connectivity index (χ0v) is 17.9. The van der Waals surface area contributed by atoms with Gasteiger partial charge in [-0.3, -0.25) is 14.5 Å². The zero-order chi connectivity index (χ0) is 21.1. The van der Waals surface area contributed by atoms with Gasteiger partial charge in [0.1, 0.15) is 10.6 Å². The molecule has 0 N–H and O–H groups in total. The lowest BCUT2D eigenvalue weighted by Crippen LogP contribution is -2.40. The molecule has 7 nitrogen and oxygen atoms in total. The number of imide groups is 1. The molecule has 30 heavy (non-hydrogen) atoms. The summed E-state index contributed by atoms with van der Waals surface area (Å²) < 4.78 is 5.43. The van der Waals surface area contributed by atoms with E-state index in [2.05, 4.69) is 9.97 Å². The molecular formula is C22H24N4O3S. The van der Waals surface area contributed by atoms with Crippen molar-refractivity contribution in [1.82, 2.24) is 19.8 Å². The standard InChI is InChI=1S/C22H24N4O3S/c1-15-14-16(2)24-22(23-15)30-19-18(25-10-12-29-13-11-25)20(27)26(21(19)28)9-8-17-6-4-3-5-7-17/h3-7,14H,8-13H2,1-2H3. The third-order valence-electron chi connectivity index (χ3n) is 5.05. The van der Waals surface area contributed by atoms with Crippen LogP contribution < -0.4 is 0 Å². The number of carbonyl (C=O) groups excluding carboxylic acids is 2. The molecule has 2 aliphatic rings. The number of nitrogens with zero attached hydrogens (tertiary/aromatic N) is 4. The summed E-state index contributed by atoms with van der Waals surface area (Å²) >= 11 is 1.18. The number of aryl methyl sites for hydroxylation is 2. The van der Waals surface area contributed by atoms with Crippen molar-refractivity contribution in [3.05, 3.63) is 64.0 Å². The van der Waals surface area contributed by atoms with Crippen LogP contribution in [0.3, 0.4) is 0 Å². The van der Waals surface area contributed by atoms with Crippen molar-refractivity contribution < 1.29 is 14.3 Å². The lowest BCUT2D eigenvalue weighted by Gasteiger charge is -2.29. The van der Waals surface area contributed by atoms with Crippen LogP contribution in [0, 0.1) is 13.8 Å². The highest BCUT2D eigenvalue weighted by atomic mass is 32.2. The Labute approximate surface area is 180 Å². The number of carbonyl (C=O) groups is 2. The number of aromatic nitrogens is 2. The Kier molecular flexibility index (Phi) is 6.15. The summed E-state index contributed by atoms with van der Waals surface area (Å²) in [4.78, 5) is 39.2. The van der Waals surface area contributed by atoms with Crippen LogP contribution in [0.15, 0.2) is 52.2 Å². The van der Waals surface area contributed by atoms with E-state index in [1.54, 1.807) is 0 Å². The van der Waals surface area contributed by atoms with E-state index >= 15 is 0 Å². The largest absolute Gasteiger partial charge is 0.378 e. The lowest BCUT2D eigenvalue weighted by atomic mass is 10.1. The molecule has 1 fully saturated rings. The molecule has 2 aromatic rings. The molecule has 0 unspecified atom stereocenters. The summed E-state index contributed by atoms with van der Waals surface area (Å²) in [6.07, 6.45) is 0.618. The molecule has 0 aliphatic carbocycles. The van der Waals surface area contributed by atoms with E-state index in [1.165, 1.54) is 16.7 Å². The Hall–Kier alpha value is -2.71. The third kappa shape index (κ3) is 4.39. The van der Waals surface area contributed by atoms with Gasteiger partial charge in [0.15, 0.2) is 5.16 Å². The maximum Gasteiger partial charge on any atom is 0.278 e. The third-order valence-corrected chi connectivity index (χ3v) is 5.99. The second-order valence-corrected chi connectivity index (χ2v) is 8.29. The predicted octanol–water partition coefficient (Wildman–Crippen LogP) is 2.34. The van der Waals surface area contributed by atoms with Gasteiger partial charge < -0.3 is 9.64 Å². The number of hydrogen-bond acceptors (Lipinski definition) is 7. The second kappa shape index (κ2) is 8.97. The number of rotatable bonds is 6. The highest BCUT2D eigenvalue weighted by Gasteiger charge is 2.42. The van der Waals surface area contributed by atoms with Gasteiger partial charge >= 0.3 is 0 Å². The number of thioether (sulfide) groups is 1. The second-order valence-electron chi connectivity index (χ2n) is 7.31. The highest BCUT2D eigenvalue weighted by Crippen LogP contribution is 2.35. The smallest absolute Gasteiger partial charge is 0.278 e. The molecule has 1 saturated heterocycles. The average Bonchev–Trinajstić information content (AvgIpc) is 2.96. The summed E-state index contributed by atoms with van der Waals surface area (Å²) in [5.41, 5.74) is 3.20. The maximum absolute atomic E-state index is 13.3. The average molecular weight is 425 g/mol. The Morgan fingerprint density at radius 3 is 2.33 bits per heavy atom. The fourth-order valence-corrected chi connectivity index (χ4v) is 4.69. The molecule has 0 radical (unpaired) electrons. The van der Waals surface area contributed by atoms with Crippen LogP contribution in [0.1, 0.15) is 17.0 Å². The minimum Gasteiger partial charge on any atom is -0.378 e. The van der Waals surface area contributed by atoms with Crippen molar-refractivity contribution >= 4 is 23.6 Å². The molecule has 156 valence electrons. The molecule has 1 aromatic carbocycles. The summed E-state index contributed by atoms with van der Waals surface area (Å²) in [5.74, 6) is -0.519. The Morgan fingerprint density at radius 1 is 1.00 bits per heavy atom. The summed E-state index contributed by atoms with van der Waals surface area (Å²) in [6, 6.07) is 11.8. The first-order chi connectivity index (χ1) is 14.5. The molecule has 0 atom stereocenters. The van der Waals surface area contributed by atoms with Crippen LogP contribution in [0.25, 0.3) is 0 Å². The maximum atomic E-state index is 13.3. The SMILES string of the molecule is Cc1cc(C)nc(SC2=C(N3CCOCC3)C(=O)N(CCc3ccccc3)C2=O)n1. The topological polar surface area (TPSA) is 75.6 Å². The van der Waals surface area contributed by atoms with Gasteiger partial charge in [-0.1, -0.05) is 30.3 Å². The Balaban J connectivity index is 1.62. The number of morpholine rings is 1. The normalized spacial score (nSPS) is 17.3. The van der Waals surface area contributed by atoms with E-state index in [9.17, 15) is 9.59 Å². The van der Waals surface area contributed by atoms with E-state index in [0.29, 0.717) is 55.0 Å². The minimum absolute atomic E-state index is 0.246. The van der Waals surface area contributed by atoms with Crippen molar-refractivity contribution in [1.29, 1.82) is 0 Å². The molecule has 2 aliphatic heterocycles. The minimum atomic E-state index is -0.273. The van der Waals surface area contributed by atoms with Crippen molar-refractivity contribution in [2.75, 3.05) is 32.8 Å². The molecule has 4 rings (SSSR count). The van der Waals surface area contributed by atoms with Crippen molar-refractivity contribution in [2.24, 2.45) is 0 Å². The van der Waals surface area contributed by atoms with Gasteiger partial charge in [0.05, 0.1) is 13.2 Å². The summed E-state index contributed by atoms with van der Waals surface area (Å²) in [5, 5.41) is 0.485. The molecule has 1 aromatic heterocycles. The van der Waals surface area contributed by atoms with Gasteiger partial charge in [0, 0.05) is 31.0 Å². The number of amides is 2. The van der Waals surface area contributed by atoms with Crippen LogP contribution in [-0.4, -0.2) is 64.4 Å². The van der Waals surface area contributed by atoms with Crippen molar-refractivity contribution in [2.45, 2.75) is 25.4 Å². The van der Waals surface area contributed by atoms with Crippen LogP contribution in [0.2, 0.25) is 0 Å². The van der Waals surface area contributed by atoms with Gasteiger partial charge in [-0.05, 0) is 43.7 Å². The van der Waals surface area contributed by atoms with E-state index < -0.39 is 0 Å². The molecule has 0 saturated carbocycles. The molecule has 0 bridgehead atoms. The quantitative estimate of drug-likeness (QED) is 0.520. The zero-order valence-electron chi connectivity index (χ0n) is 17.1. The molecular weight excluding hydrogens is 400 g/mol. The number of hydrogen-bond donors (Lipinski definition) is 0. The van der Waals surface area contributed by atoms with E-state index in [-0.39, 0.29) is 11.8 Å². The van der Waals surface area contributed by atoms with Gasteiger partial charge in [-0.25, -0.2) is 9.97 Å². The van der Waals surface area contributed by atoms with Gasteiger partial charge in [-0.2, -0.15) is 0 Å². The van der Waals surface area contributed by atoms with Gasteiger partial charge in [0.2, 0.25) is 0 Å². The van der Waals surface area contributed by atoms with Gasteiger partial charge in [0.25, 0.3) is 11.8 Å². The first-order valence-corrected chi connectivity index (χ1v) is 10.8. The molecule has 3 heterocycles. The molecule has 8 heteroatoms. The highest BCUT2D eigenvalue weighted by molar-refractivity contribution is 8.04. The van der Waals surface area contributed by atoms with E-state index in [1.807, 2.05) is 55.1 Å². The Morgan fingerprint density at radius 2 is 1.67 bits per heavy atom. The van der Waals surface area contributed by atoms with Crippen molar-refractivity contribution in [3.8, 4) is 0 Å². The van der Waals surface area contributed by atoms with Crippen LogP contribution >= 0.6 is 11.8 Å². The lowest BCUT2D eigenvalue weighted by molar-refractivity contribution is -0.138. The van der Waals surface area contributed by atoms with Crippen LogP contribution in [-0.2, 0) is 20.7 Å². The summed E-state index contributed by atoms with van der Waals surface area (Å²) in [7, 11) is 0. The monoisotopic (exact) mass is 424 g/mol. The van der Waals surface area contributed by atoms with Crippen molar-refractivity contribution in [3.63, 3.8) is 0 Å². The summed E-state index contributed by atoms with van der Waals surface area (Å²) in [6.45, 7) is 6.36.